The normalized spacial score (nSPS) is 15.5. The number of hydrogen-bond donors (Lipinski definition) is 2. The molecular formula is C16H28N6O2. The van der Waals surface area contributed by atoms with Crippen LogP contribution in [0.3, 0.4) is 0 Å². The highest BCUT2D eigenvalue weighted by atomic mass is 16.5. The van der Waals surface area contributed by atoms with Crippen LogP contribution in [0.4, 0.5) is 5.95 Å². The summed E-state index contributed by atoms with van der Waals surface area (Å²) in [5.74, 6) is 0.850. The number of piperazine rings is 1. The fourth-order valence-corrected chi connectivity index (χ4v) is 2.60. The Morgan fingerprint density at radius 3 is 2.67 bits per heavy atom. The van der Waals surface area contributed by atoms with Crippen molar-refractivity contribution in [1.82, 2.24) is 25.5 Å². The molecule has 0 atom stereocenters. The largest absolute Gasteiger partial charge is 0.383 e. The van der Waals surface area contributed by atoms with Gasteiger partial charge in [0.2, 0.25) is 11.9 Å². The molecule has 1 aliphatic heterocycles. The summed E-state index contributed by atoms with van der Waals surface area (Å²) in [6, 6.07) is 1.83. The molecule has 0 saturated carbocycles. The molecule has 2 heterocycles. The Bertz CT molecular complexity index is 465. The van der Waals surface area contributed by atoms with Crippen LogP contribution in [0.25, 0.3) is 0 Å². The predicted molar refractivity (Wildman–Crippen MR) is 93.1 cm³/mol. The van der Waals surface area contributed by atoms with E-state index >= 15 is 0 Å². The molecule has 0 radical (unpaired) electrons. The number of carbonyl (C=O) groups is 1. The minimum absolute atomic E-state index is 0.0390. The molecule has 0 bridgehead atoms. The number of aromatic nitrogens is 2. The second-order valence-electron chi connectivity index (χ2n) is 5.75. The molecule has 1 aromatic rings. The lowest BCUT2D eigenvalue weighted by molar-refractivity contribution is -0.120. The van der Waals surface area contributed by atoms with Gasteiger partial charge in [-0.25, -0.2) is 9.97 Å². The molecule has 0 spiro atoms. The Kier molecular flexibility index (Phi) is 8.43. The monoisotopic (exact) mass is 336 g/mol. The van der Waals surface area contributed by atoms with Crippen molar-refractivity contribution in [2.75, 3.05) is 71.0 Å². The summed E-state index contributed by atoms with van der Waals surface area (Å²) >= 11 is 0. The summed E-state index contributed by atoms with van der Waals surface area (Å²) in [5, 5.41) is 5.97. The van der Waals surface area contributed by atoms with Gasteiger partial charge in [-0.05, 0) is 19.0 Å². The number of nitrogens with zero attached hydrogens (tertiary/aromatic N) is 4. The van der Waals surface area contributed by atoms with Crippen LogP contribution >= 0.6 is 0 Å². The summed E-state index contributed by atoms with van der Waals surface area (Å²) in [5.41, 5.74) is 0. The first-order valence-electron chi connectivity index (χ1n) is 8.50. The minimum atomic E-state index is 0.0390. The summed E-state index contributed by atoms with van der Waals surface area (Å²) in [6.45, 7) is 7.27. The molecule has 8 nitrogen and oxygen atoms in total. The number of nitrogens with one attached hydrogen (secondary N) is 2. The second kappa shape index (κ2) is 10.9. The van der Waals surface area contributed by atoms with E-state index in [1.54, 1.807) is 19.5 Å². The van der Waals surface area contributed by atoms with E-state index in [4.69, 9.17) is 4.74 Å². The van der Waals surface area contributed by atoms with E-state index in [0.29, 0.717) is 26.2 Å². The van der Waals surface area contributed by atoms with Gasteiger partial charge >= 0.3 is 0 Å². The van der Waals surface area contributed by atoms with Crippen molar-refractivity contribution in [3.63, 3.8) is 0 Å². The zero-order valence-electron chi connectivity index (χ0n) is 14.4. The third-order valence-electron chi connectivity index (χ3n) is 3.95. The molecule has 1 fully saturated rings. The number of rotatable bonds is 10. The van der Waals surface area contributed by atoms with Crippen molar-refractivity contribution in [3.8, 4) is 0 Å². The van der Waals surface area contributed by atoms with Crippen LogP contribution in [-0.4, -0.2) is 86.8 Å². The molecule has 8 heteroatoms. The molecule has 1 amide bonds. The Morgan fingerprint density at radius 2 is 1.96 bits per heavy atom. The van der Waals surface area contributed by atoms with Crippen LogP contribution in [0.5, 0.6) is 0 Å². The topological polar surface area (TPSA) is 82.6 Å². The van der Waals surface area contributed by atoms with Gasteiger partial charge in [-0.3, -0.25) is 9.69 Å². The van der Waals surface area contributed by atoms with Gasteiger partial charge in [0.05, 0.1) is 13.2 Å². The number of hydrogen-bond acceptors (Lipinski definition) is 7. The zero-order valence-corrected chi connectivity index (χ0v) is 14.4. The Balaban J connectivity index is 1.51. The van der Waals surface area contributed by atoms with Crippen molar-refractivity contribution in [3.05, 3.63) is 18.5 Å². The summed E-state index contributed by atoms with van der Waals surface area (Å²) in [4.78, 5) is 24.8. The van der Waals surface area contributed by atoms with Gasteiger partial charge in [-0.1, -0.05) is 0 Å². The zero-order chi connectivity index (χ0) is 17.0. The standard InChI is InChI=1S/C16H28N6O2/c1-24-13-7-17-14-15(23)18-6-3-8-21-9-11-22(12-10-21)16-19-4-2-5-20-16/h2,4-5,17H,3,6-14H2,1H3,(H,18,23). The van der Waals surface area contributed by atoms with Crippen LogP contribution in [-0.2, 0) is 9.53 Å². The van der Waals surface area contributed by atoms with Gasteiger partial charge in [0.15, 0.2) is 0 Å². The molecule has 1 saturated heterocycles. The highest BCUT2D eigenvalue weighted by Gasteiger charge is 2.18. The average Bonchev–Trinajstić information content (AvgIpc) is 2.64. The second-order valence-corrected chi connectivity index (χ2v) is 5.75. The highest BCUT2D eigenvalue weighted by Crippen LogP contribution is 2.09. The molecule has 2 N–H and O–H groups in total. The van der Waals surface area contributed by atoms with Gasteiger partial charge in [-0.2, -0.15) is 0 Å². The van der Waals surface area contributed by atoms with Crippen molar-refractivity contribution in [2.45, 2.75) is 6.42 Å². The highest BCUT2D eigenvalue weighted by molar-refractivity contribution is 5.77. The van der Waals surface area contributed by atoms with Gasteiger partial charge in [0, 0.05) is 58.8 Å². The van der Waals surface area contributed by atoms with E-state index in [1.807, 2.05) is 6.07 Å². The van der Waals surface area contributed by atoms with Crippen molar-refractivity contribution in [1.29, 1.82) is 0 Å². The fourth-order valence-electron chi connectivity index (χ4n) is 2.60. The van der Waals surface area contributed by atoms with Crippen LogP contribution in [0, 0.1) is 0 Å². The average molecular weight is 336 g/mol. The molecule has 2 rings (SSSR count). The van der Waals surface area contributed by atoms with Crippen molar-refractivity contribution < 1.29 is 9.53 Å². The maximum atomic E-state index is 11.6. The van der Waals surface area contributed by atoms with E-state index in [-0.39, 0.29) is 5.91 Å². The van der Waals surface area contributed by atoms with Gasteiger partial charge in [-0.15, -0.1) is 0 Å². The first-order chi connectivity index (χ1) is 11.8. The van der Waals surface area contributed by atoms with Gasteiger partial charge in [0.1, 0.15) is 0 Å². The Hall–Kier alpha value is -1.77. The van der Waals surface area contributed by atoms with E-state index in [2.05, 4.69) is 30.4 Å². The quantitative estimate of drug-likeness (QED) is 0.549. The molecule has 0 aliphatic carbocycles. The van der Waals surface area contributed by atoms with Gasteiger partial charge < -0.3 is 20.3 Å². The molecule has 1 aromatic heterocycles. The van der Waals surface area contributed by atoms with Gasteiger partial charge in [0.25, 0.3) is 0 Å². The van der Waals surface area contributed by atoms with E-state index in [1.165, 1.54) is 0 Å². The summed E-state index contributed by atoms with van der Waals surface area (Å²) in [7, 11) is 1.65. The number of methoxy groups -OCH3 is 1. The number of anilines is 1. The molecule has 1 aliphatic rings. The van der Waals surface area contributed by atoms with E-state index in [9.17, 15) is 4.79 Å². The lowest BCUT2D eigenvalue weighted by Crippen LogP contribution is -2.47. The number of carbonyl (C=O) groups excluding carboxylic acids is 1. The SMILES string of the molecule is COCCNCC(=O)NCCCN1CCN(c2ncccn2)CC1. The smallest absolute Gasteiger partial charge is 0.233 e. The molecule has 134 valence electrons. The van der Waals surface area contributed by atoms with Crippen LogP contribution in [0.1, 0.15) is 6.42 Å². The maximum absolute atomic E-state index is 11.6. The Labute approximate surface area is 143 Å². The summed E-state index contributed by atoms with van der Waals surface area (Å²) in [6.07, 6.45) is 4.52. The third-order valence-corrected chi connectivity index (χ3v) is 3.95. The maximum Gasteiger partial charge on any atom is 0.233 e. The third kappa shape index (κ3) is 6.77. The fraction of sp³-hybridized carbons (Fsp3) is 0.688. The summed E-state index contributed by atoms with van der Waals surface area (Å²) < 4.78 is 4.91. The number of amides is 1. The molecule has 0 unspecified atom stereocenters. The van der Waals surface area contributed by atoms with E-state index in [0.717, 1.165) is 45.1 Å². The lowest BCUT2D eigenvalue weighted by Gasteiger charge is -2.34. The van der Waals surface area contributed by atoms with Crippen LogP contribution < -0.4 is 15.5 Å². The van der Waals surface area contributed by atoms with E-state index < -0.39 is 0 Å². The first-order valence-corrected chi connectivity index (χ1v) is 8.50. The molecule has 24 heavy (non-hydrogen) atoms. The Morgan fingerprint density at radius 1 is 1.21 bits per heavy atom. The number of ether oxygens (including phenoxy) is 1. The first kappa shape index (κ1) is 18.6. The molecule has 0 aromatic carbocycles. The minimum Gasteiger partial charge on any atom is -0.383 e. The van der Waals surface area contributed by atoms with Crippen LogP contribution in [0.15, 0.2) is 18.5 Å². The lowest BCUT2D eigenvalue weighted by atomic mass is 10.3. The predicted octanol–water partition coefficient (Wildman–Crippen LogP) is -0.659. The van der Waals surface area contributed by atoms with Crippen molar-refractivity contribution in [2.24, 2.45) is 0 Å². The molecular weight excluding hydrogens is 308 g/mol. The van der Waals surface area contributed by atoms with Crippen LogP contribution in [0.2, 0.25) is 0 Å². The van der Waals surface area contributed by atoms with Crippen molar-refractivity contribution >= 4 is 11.9 Å².